The Bertz CT molecular complexity index is 1430. The minimum Gasteiger partial charge on any atom is -0.448 e. The number of aromatic nitrogens is 2. The topological polar surface area (TPSA) is 109 Å². The Kier molecular flexibility index (Phi) is 10.3. The monoisotopic (exact) mass is 602 g/mol. The maximum absolute atomic E-state index is 13.6. The van der Waals surface area contributed by atoms with Gasteiger partial charge in [0.2, 0.25) is 0 Å². The molecule has 11 nitrogen and oxygen atoms in total. The SMILES string of the molecule is CCCCCCOC(=O)n1nc(NC(=O)c2ccc(N3CCN(C)CC3)cc2)c2c1CN(C(=O)[C@H](OC)c1ccccc1)C2. The molecule has 5 rings (SSSR count). The quantitative estimate of drug-likeness (QED) is 0.315. The number of ether oxygens (including phenoxy) is 2. The zero-order valence-electron chi connectivity index (χ0n) is 25.8. The van der Waals surface area contributed by atoms with Gasteiger partial charge in [-0.05, 0) is 43.3 Å². The molecule has 44 heavy (non-hydrogen) atoms. The molecule has 0 radical (unpaired) electrons. The van der Waals surface area contributed by atoms with Crippen molar-refractivity contribution in [3.8, 4) is 0 Å². The van der Waals surface area contributed by atoms with E-state index in [4.69, 9.17) is 9.47 Å². The van der Waals surface area contributed by atoms with Crippen LogP contribution in [0.5, 0.6) is 0 Å². The van der Waals surface area contributed by atoms with Crippen LogP contribution >= 0.6 is 0 Å². The van der Waals surface area contributed by atoms with E-state index < -0.39 is 12.2 Å². The van der Waals surface area contributed by atoms with Gasteiger partial charge >= 0.3 is 6.09 Å². The van der Waals surface area contributed by atoms with Crippen LogP contribution in [0.3, 0.4) is 0 Å². The van der Waals surface area contributed by atoms with E-state index in [9.17, 15) is 14.4 Å². The number of benzene rings is 2. The highest BCUT2D eigenvalue weighted by atomic mass is 16.6. The molecule has 0 aliphatic carbocycles. The van der Waals surface area contributed by atoms with Crippen molar-refractivity contribution < 1.29 is 23.9 Å². The Balaban J connectivity index is 1.33. The molecule has 234 valence electrons. The van der Waals surface area contributed by atoms with Gasteiger partial charge in [-0.15, -0.1) is 5.10 Å². The number of fused-ring (bicyclic) bond motifs is 1. The first-order valence-electron chi connectivity index (χ1n) is 15.4. The van der Waals surface area contributed by atoms with Gasteiger partial charge in [0.1, 0.15) is 0 Å². The molecule has 0 bridgehead atoms. The summed E-state index contributed by atoms with van der Waals surface area (Å²) in [5.74, 6) is -0.356. The Labute approximate surface area is 258 Å². The summed E-state index contributed by atoms with van der Waals surface area (Å²) in [6, 6.07) is 16.8. The lowest BCUT2D eigenvalue weighted by atomic mass is 10.1. The molecule has 1 N–H and O–H groups in total. The number of hydrogen-bond donors (Lipinski definition) is 1. The Morgan fingerprint density at radius 3 is 2.34 bits per heavy atom. The predicted molar refractivity (Wildman–Crippen MR) is 168 cm³/mol. The number of rotatable bonds is 11. The number of anilines is 2. The summed E-state index contributed by atoms with van der Waals surface area (Å²) in [5, 5.41) is 7.34. The van der Waals surface area contributed by atoms with Crippen LogP contribution < -0.4 is 10.2 Å². The average Bonchev–Trinajstić information content (AvgIpc) is 3.63. The summed E-state index contributed by atoms with van der Waals surface area (Å²) in [6.45, 7) is 6.55. The number of carbonyl (C=O) groups is 3. The third-order valence-electron chi connectivity index (χ3n) is 8.28. The number of methoxy groups -OCH3 is 1. The first-order chi connectivity index (χ1) is 21.4. The van der Waals surface area contributed by atoms with Crippen LogP contribution in [0.15, 0.2) is 54.6 Å². The van der Waals surface area contributed by atoms with Gasteiger partial charge in [-0.1, -0.05) is 56.5 Å². The third-order valence-corrected chi connectivity index (χ3v) is 8.28. The molecule has 11 heteroatoms. The first kappa shape index (κ1) is 31.2. The molecule has 1 fully saturated rings. The maximum Gasteiger partial charge on any atom is 0.435 e. The molecule has 3 aromatic rings. The largest absolute Gasteiger partial charge is 0.448 e. The number of amides is 2. The number of carbonyl (C=O) groups excluding carboxylic acids is 3. The van der Waals surface area contributed by atoms with Crippen molar-refractivity contribution in [2.24, 2.45) is 0 Å². The van der Waals surface area contributed by atoms with Crippen LogP contribution in [0.4, 0.5) is 16.3 Å². The molecule has 0 saturated carbocycles. The molecular weight excluding hydrogens is 560 g/mol. The summed E-state index contributed by atoms with van der Waals surface area (Å²) in [5.41, 5.74) is 3.39. The molecule has 1 atom stereocenters. The lowest BCUT2D eigenvalue weighted by Gasteiger charge is -2.34. The van der Waals surface area contributed by atoms with E-state index in [2.05, 4.69) is 34.2 Å². The molecular formula is C33H42N6O5. The second-order valence-corrected chi connectivity index (χ2v) is 11.4. The summed E-state index contributed by atoms with van der Waals surface area (Å²) in [7, 11) is 3.61. The molecule has 2 amide bonds. The second kappa shape index (κ2) is 14.5. The minimum absolute atomic E-state index is 0.133. The minimum atomic E-state index is -0.802. The Morgan fingerprint density at radius 1 is 0.932 bits per heavy atom. The van der Waals surface area contributed by atoms with Crippen molar-refractivity contribution in [3.63, 3.8) is 0 Å². The van der Waals surface area contributed by atoms with Crippen LogP contribution in [-0.2, 0) is 27.4 Å². The summed E-state index contributed by atoms with van der Waals surface area (Å²) < 4.78 is 12.3. The highest BCUT2D eigenvalue weighted by molar-refractivity contribution is 6.04. The highest BCUT2D eigenvalue weighted by Crippen LogP contribution is 2.33. The van der Waals surface area contributed by atoms with Crippen molar-refractivity contribution >= 4 is 29.4 Å². The smallest absolute Gasteiger partial charge is 0.435 e. The van der Waals surface area contributed by atoms with Gasteiger partial charge in [0.05, 0.1) is 25.4 Å². The molecule has 2 aliphatic heterocycles. The van der Waals surface area contributed by atoms with E-state index >= 15 is 0 Å². The highest BCUT2D eigenvalue weighted by Gasteiger charge is 2.36. The first-order valence-corrected chi connectivity index (χ1v) is 15.4. The van der Waals surface area contributed by atoms with E-state index in [1.54, 1.807) is 17.0 Å². The van der Waals surface area contributed by atoms with Gasteiger partial charge in [-0.3, -0.25) is 9.59 Å². The number of nitrogens with one attached hydrogen (secondary N) is 1. The van der Waals surface area contributed by atoms with Gasteiger partial charge in [-0.2, -0.15) is 4.68 Å². The normalized spacial score (nSPS) is 15.6. The Morgan fingerprint density at radius 2 is 1.66 bits per heavy atom. The fourth-order valence-electron chi connectivity index (χ4n) is 5.64. The van der Waals surface area contributed by atoms with E-state index in [0.29, 0.717) is 16.8 Å². The zero-order valence-corrected chi connectivity index (χ0v) is 25.8. The molecule has 1 aromatic heterocycles. The average molecular weight is 603 g/mol. The van der Waals surface area contributed by atoms with E-state index in [0.717, 1.165) is 63.1 Å². The molecule has 0 spiro atoms. The predicted octanol–water partition coefficient (Wildman–Crippen LogP) is 4.68. The van der Waals surface area contributed by atoms with Gasteiger partial charge in [0.25, 0.3) is 11.8 Å². The summed E-state index contributed by atoms with van der Waals surface area (Å²) in [4.78, 5) is 46.3. The van der Waals surface area contributed by atoms with Crippen molar-refractivity contribution in [2.45, 2.75) is 51.8 Å². The van der Waals surface area contributed by atoms with Crippen molar-refractivity contribution in [1.29, 1.82) is 0 Å². The van der Waals surface area contributed by atoms with Crippen LogP contribution in [0.1, 0.15) is 65.9 Å². The molecule has 2 aliphatic rings. The number of hydrogen-bond acceptors (Lipinski definition) is 8. The Hall–Kier alpha value is -4.22. The van der Waals surface area contributed by atoms with E-state index in [-0.39, 0.29) is 37.3 Å². The molecule has 1 saturated heterocycles. The second-order valence-electron chi connectivity index (χ2n) is 11.4. The standard InChI is InChI=1S/C33H42N6O5/c1-4-5-6-10-21-44-33(42)39-28-23-38(32(41)29(43-3)24-11-8-7-9-12-24)22-27(28)30(35-39)34-31(40)25-13-15-26(16-14-25)37-19-17-36(2)18-20-37/h7-9,11-16,29H,4-6,10,17-23H2,1-3H3,(H,34,35,40)/t29-/m1/s1. The van der Waals surface area contributed by atoms with Crippen molar-refractivity contribution in [2.75, 3.05) is 57.2 Å². The van der Waals surface area contributed by atoms with Gasteiger partial charge < -0.3 is 29.5 Å². The van der Waals surface area contributed by atoms with Crippen LogP contribution in [0.25, 0.3) is 0 Å². The number of piperazine rings is 1. The molecule has 0 unspecified atom stereocenters. The molecule has 2 aromatic carbocycles. The third kappa shape index (κ3) is 7.11. The van der Waals surface area contributed by atoms with Crippen LogP contribution in [0, 0.1) is 0 Å². The van der Waals surface area contributed by atoms with Gasteiger partial charge in [-0.25, -0.2) is 4.79 Å². The lowest BCUT2D eigenvalue weighted by Crippen LogP contribution is -2.44. The summed E-state index contributed by atoms with van der Waals surface area (Å²) >= 11 is 0. The van der Waals surface area contributed by atoms with E-state index in [1.807, 2.05) is 42.5 Å². The summed E-state index contributed by atoms with van der Waals surface area (Å²) in [6.07, 6.45) is 2.45. The van der Waals surface area contributed by atoms with Crippen LogP contribution in [-0.4, -0.2) is 84.4 Å². The van der Waals surface area contributed by atoms with Gasteiger partial charge in [0.15, 0.2) is 11.9 Å². The van der Waals surface area contributed by atoms with Crippen LogP contribution in [0.2, 0.25) is 0 Å². The van der Waals surface area contributed by atoms with Crippen molar-refractivity contribution in [1.82, 2.24) is 19.6 Å². The number of likely N-dealkylation sites (N-methyl/N-ethyl adjacent to an activating group) is 1. The number of unbranched alkanes of at least 4 members (excludes halogenated alkanes) is 3. The van der Waals surface area contributed by atoms with E-state index in [1.165, 1.54) is 11.8 Å². The fourth-order valence-corrected chi connectivity index (χ4v) is 5.64. The lowest BCUT2D eigenvalue weighted by molar-refractivity contribution is -0.143. The molecule has 3 heterocycles. The zero-order chi connectivity index (χ0) is 31.1. The van der Waals surface area contributed by atoms with Gasteiger partial charge in [0, 0.05) is 50.1 Å². The number of nitrogens with zero attached hydrogens (tertiary/aromatic N) is 5. The fraction of sp³-hybridized carbons (Fsp3) is 0.455. The maximum atomic E-state index is 13.6. The van der Waals surface area contributed by atoms with Crippen molar-refractivity contribution in [3.05, 3.63) is 77.0 Å².